The van der Waals surface area contributed by atoms with Gasteiger partial charge in [0.25, 0.3) is 0 Å². The molecular formula is C14H28N2. The molecule has 1 aliphatic carbocycles. The first-order chi connectivity index (χ1) is 7.68. The first-order valence-electron chi connectivity index (χ1n) is 7.07. The number of hydrogen-bond acceptors (Lipinski definition) is 2. The van der Waals surface area contributed by atoms with Crippen molar-refractivity contribution in [3.05, 3.63) is 0 Å². The van der Waals surface area contributed by atoms with Crippen molar-refractivity contribution >= 4 is 0 Å². The Kier molecular flexibility index (Phi) is 4.26. The minimum atomic E-state index is 0.531. The van der Waals surface area contributed by atoms with E-state index in [-0.39, 0.29) is 0 Å². The van der Waals surface area contributed by atoms with Crippen molar-refractivity contribution in [1.82, 2.24) is 10.2 Å². The average molecular weight is 224 g/mol. The summed E-state index contributed by atoms with van der Waals surface area (Å²) in [5.41, 5.74) is 0.531. The Balaban J connectivity index is 1.72. The van der Waals surface area contributed by atoms with E-state index in [2.05, 4.69) is 24.2 Å². The average Bonchev–Trinajstić information content (AvgIpc) is 2.66. The highest BCUT2D eigenvalue weighted by Gasteiger charge is 2.30. The molecule has 1 unspecified atom stereocenters. The lowest BCUT2D eigenvalue weighted by molar-refractivity contribution is 0.169. The number of hydrogen-bond donors (Lipinski definition) is 1. The molecule has 1 saturated heterocycles. The van der Waals surface area contributed by atoms with Crippen molar-refractivity contribution in [2.24, 2.45) is 11.3 Å². The summed E-state index contributed by atoms with van der Waals surface area (Å²) in [6.45, 7) is 7.46. The maximum atomic E-state index is 3.50. The fraction of sp³-hybridized carbons (Fsp3) is 1.00. The Bertz CT molecular complexity index is 203. The van der Waals surface area contributed by atoms with Gasteiger partial charge in [0.05, 0.1) is 0 Å². The molecule has 0 spiro atoms. The van der Waals surface area contributed by atoms with Crippen molar-refractivity contribution in [3.8, 4) is 0 Å². The minimum Gasteiger partial charge on any atom is -0.316 e. The van der Waals surface area contributed by atoms with E-state index in [9.17, 15) is 0 Å². The van der Waals surface area contributed by atoms with Gasteiger partial charge in [0, 0.05) is 19.6 Å². The minimum absolute atomic E-state index is 0.531. The molecule has 1 atom stereocenters. The molecule has 94 valence electrons. The van der Waals surface area contributed by atoms with Gasteiger partial charge in [0.2, 0.25) is 0 Å². The monoisotopic (exact) mass is 224 g/mol. The normalized spacial score (nSPS) is 32.4. The fourth-order valence-corrected chi connectivity index (χ4v) is 3.53. The van der Waals surface area contributed by atoms with E-state index < -0.39 is 0 Å². The third kappa shape index (κ3) is 3.46. The summed E-state index contributed by atoms with van der Waals surface area (Å²) in [6, 6.07) is 0. The van der Waals surface area contributed by atoms with Gasteiger partial charge in [-0.3, -0.25) is 0 Å². The molecule has 0 aromatic heterocycles. The highest BCUT2D eigenvalue weighted by atomic mass is 15.1. The third-order valence-corrected chi connectivity index (χ3v) is 4.40. The third-order valence-electron chi connectivity index (χ3n) is 4.40. The second kappa shape index (κ2) is 5.50. The molecule has 2 aliphatic rings. The van der Waals surface area contributed by atoms with Gasteiger partial charge in [0.15, 0.2) is 0 Å². The molecule has 2 heteroatoms. The second-order valence-electron chi connectivity index (χ2n) is 6.44. The lowest BCUT2D eigenvalue weighted by Crippen LogP contribution is -2.37. The molecule has 0 amide bonds. The van der Waals surface area contributed by atoms with E-state index in [0.29, 0.717) is 5.41 Å². The Hall–Kier alpha value is -0.0800. The van der Waals surface area contributed by atoms with E-state index in [1.54, 1.807) is 0 Å². The number of rotatable bonds is 4. The van der Waals surface area contributed by atoms with E-state index in [0.717, 1.165) is 5.92 Å². The van der Waals surface area contributed by atoms with E-state index in [4.69, 9.17) is 0 Å². The standard InChI is InChI=1S/C14H28N2/c1-14(8-9-15-11-14)12-16(2)10-13-6-4-3-5-7-13/h13,15H,3-12H2,1-2H3. The van der Waals surface area contributed by atoms with Crippen molar-refractivity contribution in [2.75, 3.05) is 33.2 Å². The highest BCUT2D eigenvalue weighted by Crippen LogP contribution is 2.28. The molecule has 2 rings (SSSR count). The van der Waals surface area contributed by atoms with Crippen LogP contribution in [0.5, 0.6) is 0 Å². The molecule has 2 fully saturated rings. The van der Waals surface area contributed by atoms with Crippen molar-refractivity contribution in [2.45, 2.75) is 45.4 Å². The molecule has 1 aliphatic heterocycles. The van der Waals surface area contributed by atoms with E-state index in [1.165, 1.54) is 64.7 Å². The summed E-state index contributed by atoms with van der Waals surface area (Å²) in [5.74, 6) is 0.983. The van der Waals surface area contributed by atoms with Crippen molar-refractivity contribution < 1.29 is 0 Å². The van der Waals surface area contributed by atoms with Gasteiger partial charge >= 0.3 is 0 Å². The quantitative estimate of drug-likeness (QED) is 0.789. The molecule has 0 bridgehead atoms. The maximum absolute atomic E-state index is 3.50. The molecule has 2 nitrogen and oxygen atoms in total. The predicted octanol–water partition coefficient (Wildman–Crippen LogP) is 2.50. The summed E-state index contributed by atoms with van der Waals surface area (Å²) >= 11 is 0. The molecule has 0 radical (unpaired) electrons. The van der Waals surface area contributed by atoms with Crippen LogP contribution in [0, 0.1) is 11.3 Å². The molecule has 0 aromatic rings. The zero-order valence-corrected chi connectivity index (χ0v) is 11.1. The zero-order valence-electron chi connectivity index (χ0n) is 11.1. The van der Waals surface area contributed by atoms with Crippen LogP contribution in [0.15, 0.2) is 0 Å². The Morgan fingerprint density at radius 1 is 1.25 bits per heavy atom. The van der Waals surface area contributed by atoms with Crippen LogP contribution in [0.3, 0.4) is 0 Å². The van der Waals surface area contributed by atoms with Crippen LogP contribution in [0.4, 0.5) is 0 Å². The smallest absolute Gasteiger partial charge is 0.00450 e. The fourth-order valence-electron chi connectivity index (χ4n) is 3.53. The van der Waals surface area contributed by atoms with Crippen LogP contribution >= 0.6 is 0 Å². The Morgan fingerprint density at radius 3 is 2.62 bits per heavy atom. The van der Waals surface area contributed by atoms with Crippen LogP contribution in [0.25, 0.3) is 0 Å². The lowest BCUT2D eigenvalue weighted by atomic mass is 9.86. The highest BCUT2D eigenvalue weighted by molar-refractivity contribution is 4.86. The summed E-state index contributed by atoms with van der Waals surface area (Å²) in [4.78, 5) is 2.59. The van der Waals surface area contributed by atoms with Crippen LogP contribution in [-0.4, -0.2) is 38.1 Å². The second-order valence-corrected chi connectivity index (χ2v) is 6.44. The largest absolute Gasteiger partial charge is 0.316 e. The summed E-state index contributed by atoms with van der Waals surface area (Å²) in [7, 11) is 2.32. The van der Waals surface area contributed by atoms with Gasteiger partial charge in [0.1, 0.15) is 0 Å². The van der Waals surface area contributed by atoms with E-state index in [1.807, 2.05) is 0 Å². The Labute approximate surface area is 101 Å². The SMILES string of the molecule is CN(CC1CCCCC1)CC1(C)CCNC1. The number of nitrogens with zero attached hydrogens (tertiary/aromatic N) is 1. The first-order valence-corrected chi connectivity index (χ1v) is 7.07. The van der Waals surface area contributed by atoms with Gasteiger partial charge < -0.3 is 10.2 Å². The van der Waals surface area contributed by atoms with Gasteiger partial charge in [-0.15, -0.1) is 0 Å². The molecule has 1 heterocycles. The summed E-state index contributed by atoms with van der Waals surface area (Å²) in [6.07, 6.45) is 8.71. The van der Waals surface area contributed by atoms with Gasteiger partial charge in [-0.05, 0) is 44.2 Å². The summed E-state index contributed by atoms with van der Waals surface area (Å²) < 4.78 is 0. The molecule has 1 N–H and O–H groups in total. The number of nitrogens with one attached hydrogen (secondary N) is 1. The molecular weight excluding hydrogens is 196 g/mol. The van der Waals surface area contributed by atoms with Crippen LogP contribution in [0.2, 0.25) is 0 Å². The first kappa shape index (κ1) is 12.4. The Morgan fingerprint density at radius 2 is 2.00 bits per heavy atom. The predicted molar refractivity (Wildman–Crippen MR) is 69.7 cm³/mol. The molecule has 0 aromatic carbocycles. The van der Waals surface area contributed by atoms with E-state index >= 15 is 0 Å². The maximum Gasteiger partial charge on any atom is 0.00450 e. The molecule has 1 saturated carbocycles. The van der Waals surface area contributed by atoms with Crippen LogP contribution in [0.1, 0.15) is 45.4 Å². The van der Waals surface area contributed by atoms with Gasteiger partial charge in [-0.2, -0.15) is 0 Å². The summed E-state index contributed by atoms with van der Waals surface area (Å²) in [5, 5.41) is 3.50. The zero-order chi connectivity index (χ0) is 11.4. The van der Waals surface area contributed by atoms with Gasteiger partial charge in [-0.25, -0.2) is 0 Å². The van der Waals surface area contributed by atoms with Crippen LogP contribution < -0.4 is 5.32 Å². The van der Waals surface area contributed by atoms with Crippen molar-refractivity contribution in [3.63, 3.8) is 0 Å². The van der Waals surface area contributed by atoms with Crippen LogP contribution in [-0.2, 0) is 0 Å². The lowest BCUT2D eigenvalue weighted by Gasteiger charge is -2.32. The van der Waals surface area contributed by atoms with Gasteiger partial charge in [-0.1, -0.05) is 26.2 Å². The topological polar surface area (TPSA) is 15.3 Å². The molecule has 16 heavy (non-hydrogen) atoms. The van der Waals surface area contributed by atoms with Crippen molar-refractivity contribution in [1.29, 1.82) is 0 Å².